The van der Waals surface area contributed by atoms with Crippen LogP contribution in [0.5, 0.6) is 5.75 Å². The lowest BCUT2D eigenvalue weighted by Gasteiger charge is -2.20. The van der Waals surface area contributed by atoms with Gasteiger partial charge < -0.3 is 18.9 Å². The average Bonchev–Trinajstić information content (AvgIpc) is 3.40. The molecule has 1 atom stereocenters. The zero-order valence-corrected chi connectivity index (χ0v) is 19.1. The molecule has 1 aliphatic heterocycles. The summed E-state index contributed by atoms with van der Waals surface area (Å²) in [5, 5.41) is 0. The van der Waals surface area contributed by atoms with Gasteiger partial charge in [0.1, 0.15) is 5.75 Å². The Morgan fingerprint density at radius 1 is 1.16 bits per heavy atom. The fourth-order valence-electron chi connectivity index (χ4n) is 4.25. The Hall–Kier alpha value is -2.50. The van der Waals surface area contributed by atoms with Gasteiger partial charge in [-0.05, 0) is 49.9 Å². The molecule has 0 aliphatic carbocycles. The number of anilines is 1. The molecule has 1 unspecified atom stereocenters. The fourth-order valence-corrected chi connectivity index (χ4v) is 4.25. The van der Waals surface area contributed by atoms with Gasteiger partial charge in [0.25, 0.3) is 0 Å². The normalized spacial score (nSPS) is 15.2. The fraction of sp³-hybridized carbons (Fsp3) is 0.600. The van der Waals surface area contributed by atoms with Crippen molar-refractivity contribution in [1.29, 1.82) is 0 Å². The highest BCUT2D eigenvalue weighted by atomic mass is 16.5. The molecule has 170 valence electrons. The lowest BCUT2D eigenvalue weighted by molar-refractivity contribution is -0.143. The Labute approximate surface area is 186 Å². The van der Waals surface area contributed by atoms with Gasteiger partial charge in [-0.2, -0.15) is 0 Å². The third-order valence-electron chi connectivity index (χ3n) is 5.90. The molecule has 2 aromatic rings. The molecule has 0 saturated heterocycles. The van der Waals surface area contributed by atoms with Crippen molar-refractivity contribution in [1.82, 2.24) is 9.55 Å². The molecule has 0 saturated carbocycles. The first kappa shape index (κ1) is 23.2. The summed E-state index contributed by atoms with van der Waals surface area (Å²) in [6.07, 6.45) is 12.9. The van der Waals surface area contributed by atoms with Crippen molar-refractivity contribution in [3.63, 3.8) is 0 Å². The molecule has 0 N–H and O–H groups in total. The van der Waals surface area contributed by atoms with Crippen LogP contribution in [0.4, 0.5) is 5.69 Å². The van der Waals surface area contributed by atoms with Gasteiger partial charge in [0, 0.05) is 50.1 Å². The molecule has 1 aromatic carbocycles. The highest BCUT2D eigenvalue weighted by Gasteiger charge is 2.28. The maximum absolute atomic E-state index is 11.7. The molecule has 0 radical (unpaired) electrons. The smallest absolute Gasteiger partial charge is 0.305 e. The number of carbonyl (C=O) groups is 1. The van der Waals surface area contributed by atoms with Crippen molar-refractivity contribution in [2.24, 2.45) is 0 Å². The first-order valence-corrected chi connectivity index (χ1v) is 11.8. The molecule has 3 rings (SSSR count). The number of hydrogen-bond acceptors (Lipinski definition) is 5. The molecular weight excluding hydrogens is 390 g/mol. The second kappa shape index (κ2) is 12.4. The molecule has 0 amide bonds. The van der Waals surface area contributed by atoms with E-state index >= 15 is 0 Å². The number of carbonyl (C=O) groups excluding carboxylic acids is 1. The summed E-state index contributed by atoms with van der Waals surface area (Å²) >= 11 is 0. The third kappa shape index (κ3) is 7.01. The Balaban J connectivity index is 1.62. The molecule has 1 aliphatic rings. The van der Waals surface area contributed by atoms with Crippen LogP contribution in [0.1, 0.15) is 70.3 Å². The van der Waals surface area contributed by atoms with E-state index in [9.17, 15) is 4.79 Å². The van der Waals surface area contributed by atoms with Crippen molar-refractivity contribution in [2.75, 3.05) is 31.2 Å². The maximum Gasteiger partial charge on any atom is 0.305 e. The van der Waals surface area contributed by atoms with Crippen LogP contribution in [0.2, 0.25) is 0 Å². The second-order valence-corrected chi connectivity index (χ2v) is 8.27. The van der Waals surface area contributed by atoms with Crippen molar-refractivity contribution in [3.8, 4) is 5.75 Å². The monoisotopic (exact) mass is 427 g/mol. The summed E-state index contributed by atoms with van der Waals surface area (Å²) in [4.78, 5) is 18.3. The van der Waals surface area contributed by atoms with E-state index in [0.717, 1.165) is 51.3 Å². The Kier molecular flexibility index (Phi) is 9.25. The van der Waals surface area contributed by atoms with E-state index in [2.05, 4.69) is 39.6 Å². The summed E-state index contributed by atoms with van der Waals surface area (Å²) in [7, 11) is 0. The number of hydrogen-bond donors (Lipinski definition) is 0. The Morgan fingerprint density at radius 2 is 2.06 bits per heavy atom. The van der Waals surface area contributed by atoms with Gasteiger partial charge >= 0.3 is 5.97 Å². The highest BCUT2D eigenvalue weighted by molar-refractivity contribution is 5.69. The minimum absolute atomic E-state index is 0.106. The van der Waals surface area contributed by atoms with Gasteiger partial charge in [-0.15, -0.1) is 0 Å². The maximum atomic E-state index is 11.7. The summed E-state index contributed by atoms with van der Waals surface area (Å²) in [5.74, 6) is 1.31. The zero-order chi connectivity index (χ0) is 21.9. The van der Waals surface area contributed by atoms with Crippen LogP contribution < -0.4 is 9.64 Å². The number of aromatic nitrogens is 2. The Bertz CT molecular complexity index is 791. The van der Waals surface area contributed by atoms with Crippen LogP contribution >= 0.6 is 0 Å². The number of aryl methyl sites for hydroxylation is 1. The second-order valence-electron chi connectivity index (χ2n) is 8.27. The molecule has 1 aromatic heterocycles. The van der Waals surface area contributed by atoms with Gasteiger partial charge in [0.2, 0.25) is 0 Å². The SMILES string of the molecule is CCCCCCOc1ccc2c(c1)C(CCn1ccnc1)CN2CCCC(=O)OCC. The molecule has 31 heavy (non-hydrogen) atoms. The van der Waals surface area contributed by atoms with Crippen LogP contribution in [0.25, 0.3) is 0 Å². The molecule has 0 spiro atoms. The van der Waals surface area contributed by atoms with Crippen molar-refractivity contribution >= 4 is 11.7 Å². The molecule has 6 nitrogen and oxygen atoms in total. The first-order valence-electron chi connectivity index (χ1n) is 11.8. The van der Waals surface area contributed by atoms with E-state index in [4.69, 9.17) is 9.47 Å². The number of benzene rings is 1. The van der Waals surface area contributed by atoms with Gasteiger partial charge in [-0.1, -0.05) is 26.2 Å². The van der Waals surface area contributed by atoms with Gasteiger partial charge in [0.15, 0.2) is 0 Å². The quantitative estimate of drug-likeness (QED) is 0.307. The number of esters is 1. The van der Waals surface area contributed by atoms with E-state index in [1.165, 1.54) is 30.5 Å². The van der Waals surface area contributed by atoms with E-state index in [1.807, 2.05) is 25.6 Å². The van der Waals surface area contributed by atoms with E-state index in [1.54, 1.807) is 0 Å². The Morgan fingerprint density at radius 3 is 2.84 bits per heavy atom. The van der Waals surface area contributed by atoms with Crippen LogP contribution in [0.15, 0.2) is 36.9 Å². The van der Waals surface area contributed by atoms with Crippen molar-refractivity contribution < 1.29 is 14.3 Å². The largest absolute Gasteiger partial charge is 0.494 e. The van der Waals surface area contributed by atoms with E-state index < -0.39 is 0 Å². The van der Waals surface area contributed by atoms with Crippen molar-refractivity contribution in [2.45, 2.75) is 71.3 Å². The van der Waals surface area contributed by atoms with Gasteiger partial charge in [0.05, 0.1) is 19.5 Å². The summed E-state index contributed by atoms with van der Waals surface area (Å²) in [6.45, 7) is 8.09. The van der Waals surface area contributed by atoms with Crippen LogP contribution in [0, 0.1) is 0 Å². The summed E-state index contributed by atoms with van der Waals surface area (Å²) in [6, 6.07) is 6.52. The molecule has 0 fully saturated rings. The lowest BCUT2D eigenvalue weighted by atomic mass is 9.97. The standard InChI is InChI=1S/C25H37N3O3/c1-3-5-6-7-17-31-22-10-11-24-23(18-22)21(12-15-27-16-13-26-20-27)19-28(24)14-8-9-25(29)30-4-2/h10-11,13,16,18,20-21H,3-9,12,14-15,17,19H2,1-2H3. The van der Waals surface area contributed by atoms with E-state index in [0.29, 0.717) is 18.9 Å². The third-order valence-corrected chi connectivity index (χ3v) is 5.90. The predicted octanol–water partition coefficient (Wildman–Crippen LogP) is 5.18. The van der Waals surface area contributed by atoms with Gasteiger partial charge in [-0.3, -0.25) is 4.79 Å². The molecule has 2 heterocycles. The predicted molar refractivity (Wildman–Crippen MR) is 124 cm³/mol. The highest BCUT2D eigenvalue weighted by Crippen LogP contribution is 2.40. The number of rotatable bonds is 14. The molecular formula is C25H37N3O3. The number of unbranched alkanes of at least 4 members (excludes halogenated alkanes) is 3. The summed E-state index contributed by atoms with van der Waals surface area (Å²) < 4.78 is 13.3. The minimum Gasteiger partial charge on any atom is -0.494 e. The molecule has 6 heteroatoms. The first-order chi connectivity index (χ1) is 15.2. The number of fused-ring (bicyclic) bond motifs is 1. The van der Waals surface area contributed by atoms with Crippen LogP contribution in [0.3, 0.4) is 0 Å². The lowest BCUT2D eigenvalue weighted by Crippen LogP contribution is -2.24. The number of ether oxygens (including phenoxy) is 2. The van der Waals surface area contributed by atoms with Crippen LogP contribution in [-0.4, -0.2) is 41.8 Å². The van der Waals surface area contributed by atoms with Gasteiger partial charge in [-0.25, -0.2) is 4.98 Å². The number of nitrogens with zero attached hydrogens (tertiary/aromatic N) is 3. The van der Waals surface area contributed by atoms with Crippen LogP contribution in [-0.2, 0) is 16.1 Å². The number of imidazole rings is 1. The summed E-state index contributed by atoms with van der Waals surface area (Å²) in [5.41, 5.74) is 2.64. The zero-order valence-electron chi connectivity index (χ0n) is 19.1. The molecule has 0 bridgehead atoms. The minimum atomic E-state index is -0.106. The van der Waals surface area contributed by atoms with Crippen molar-refractivity contribution in [3.05, 3.63) is 42.5 Å². The average molecular weight is 428 g/mol. The topological polar surface area (TPSA) is 56.6 Å². The van der Waals surface area contributed by atoms with E-state index in [-0.39, 0.29) is 5.97 Å².